The van der Waals surface area contributed by atoms with Crippen LogP contribution in [-0.2, 0) is 16.1 Å². The maximum atomic E-state index is 13.2. The highest BCUT2D eigenvalue weighted by atomic mass is 19.1. The largest absolute Gasteiger partial charge is 0.484 e. The molecule has 6 heteroatoms. The van der Waals surface area contributed by atoms with Crippen LogP contribution < -0.4 is 10.1 Å². The summed E-state index contributed by atoms with van der Waals surface area (Å²) in [6, 6.07) is 12.6. The number of carbonyl (C=O) groups excluding carboxylic acids is 2. The molecule has 2 atom stereocenters. The number of hydrogen-bond donors (Lipinski definition) is 1. The summed E-state index contributed by atoms with van der Waals surface area (Å²) in [5.74, 6) is -0.272. The Hall–Kier alpha value is -2.89. The van der Waals surface area contributed by atoms with Crippen LogP contribution in [0, 0.1) is 12.7 Å². The molecule has 2 aromatic carbocycles. The third-order valence-corrected chi connectivity index (χ3v) is 4.88. The van der Waals surface area contributed by atoms with E-state index in [2.05, 4.69) is 5.32 Å². The van der Waals surface area contributed by atoms with Gasteiger partial charge in [0.2, 0.25) is 5.91 Å². The number of amides is 2. The smallest absolute Gasteiger partial charge is 0.261 e. The predicted octanol–water partition coefficient (Wildman–Crippen LogP) is 3.84. The van der Waals surface area contributed by atoms with Crippen molar-refractivity contribution in [1.82, 2.24) is 10.2 Å². The molecule has 0 heterocycles. The summed E-state index contributed by atoms with van der Waals surface area (Å²) in [4.78, 5) is 27.0. The Kier molecular flexibility index (Phi) is 8.19. The monoisotopic (exact) mass is 400 g/mol. The molecule has 0 saturated carbocycles. The summed E-state index contributed by atoms with van der Waals surface area (Å²) in [5, 5.41) is 2.91. The predicted molar refractivity (Wildman–Crippen MR) is 111 cm³/mol. The van der Waals surface area contributed by atoms with Gasteiger partial charge in [0.15, 0.2) is 6.61 Å². The first kappa shape index (κ1) is 22.4. The van der Waals surface area contributed by atoms with Gasteiger partial charge < -0.3 is 15.0 Å². The second-order valence-corrected chi connectivity index (χ2v) is 7.20. The fraction of sp³-hybridized carbons (Fsp3) is 0.391. The molecule has 0 saturated heterocycles. The lowest BCUT2D eigenvalue weighted by Gasteiger charge is -2.29. The average Bonchev–Trinajstić information content (AvgIpc) is 2.71. The summed E-state index contributed by atoms with van der Waals surface area (Å²) >= 11 is 0. The van der Waals surface area contributed by atoms with E-state index in [1.807, 2.05) is 39.0 Å². The van der Waals surface area contributed by atoms with Crippen molar-refractivity contribution < 1.29 is 18.7 Å². The van der Waals surface area contributed by atoms with E-state index in [9.17, 15) is 14.0 Å². The van der Waals surface area contributed by atoms with E-state index in [0.717, 1.165) is 17.5 Å². The molecule has 0 aliphatic heterocycles. The maximum Gasteiger partial charge on any atom is 0.261 e. The van der Waals surface area contributed by atoms with Gasteiger partial charge in [-0.15, -0.1) is 0 Å². The van der Waals surface area contributed by atoms with Crippen molar-refractivity contribution in [2.75, 3.05) is 6.61 Å². The minimum atomic E-state index is -0.693. The first-order chi connectivity index (χ1) is 13.8. The van der Waals surface area contributed by atoms with Crippen molar-refractivity contribution in [3.63, 3.8) is 0 Å². The van der Waals surface area contributed by atoms with Crippen molar-refractivity contribution >= 4 is 11.8 Å². The Balaban J connectivity index is 2.15. The summed E-state index contributed by atoms with van der Waals surface area (Å²) < 4.78 is 18.9. The van der Waals surface area contributed by atoms with E-state index in [4.69, 9.17) is 4.74 Å². The zero-order valence-electron chi connectivity index (χ0n) is 17.4. The minimum Gasteiger partial charge on any atom is -0.484 e. The molecule has 0 aliphatic carbocycles. The van der Waals surface area contributed by atoms with Gasteiger partial charge in [-0.2, -0.15) is 0 Å². The highest BCUT2D eigenvalue weighted by Gasteiger charge is 2.27. The third-order valence-electron chi connectivity index (χ3n) is 4.88. The molecule has 2 unspecified atom stereocenters. The van der Waals surface area contributed by atoms with Crippen LogP contribution in [0.4, 0.5) is 4.39 Å². The molecule has 0 spiro atoms. The molecule has 5 nitrogen and oxygen atoms in total. The standard InChI is InChI=1S/C23H29FN2O3/c1-5-17(3)25-23(28)18(4)26(14-19-10-12-20(24)13-11-19)22(27)15-29-21-9-7-6-8-16(21)2/h6-13,17-18H,5,14-15H2,1-4H3,(H,25,28). The number of nitrogens with zero attached hydrogens (tertiary/aromatic N) is 1. The number of benzene rings is 2. The van der Waals surface area contributed by atoms with Crippen LogP contribution in [0.5, 0.6) is 5.75 Å². The molecular formula is C23H29FN2O3. The lowest BCUT2D eigenvalue weighted by atomic mass is 10.1. The number of halogens is 1. The van der Waals surface area contributed by atoms with Gasteiger partial charge in [0, 0.05) is 12.6 Å². The van der Waals surface area contributed by atoms with E-state index >= 15 is 0 Å². The van der Waals surface area contributed by atoms with Crippen LogP contribution in [0.2, 0.25) is 0 Å². The SMILES string of the molecule is CCC(C)NC(=O)C(C)N(Cc1ccc(F)cc1)C(=O)COc1ccccc1C. The molecular weight excluding hydrogens is 371 g/mol. The summed E-state index contributed by atoms with van der Waals surface area (Å²) in [6.07, 6.45) is 0.792. The number of ether oxygens (including phenoxy) is 1. The van der Waals surface area contributed by atoms with Gasteiger partial charge in [-0.3, -0.25) is 9.59 Å². The second kappa shape index (κ2) is 10.6. The van der Waals surface area contributed by atoms with Crippen LogP contribution in [0.1, 0.15) is 38.3 Å². The average molecular weight is 400 g/mol. The Morgan fingerprint density at radius 1 is 1.10 bits per heavy atom. The second-order valence-electron chi connectivity index (χ2n) is 7.20. The van der Waals surface area contributed by atoms with Gasteiger partial charge >= 0.3 is 0 Å². The van der Waals surface area contributed by atoms with Crippen molar-refractivity contribution in [1.29, 1.82) is 0 Å². The van der Waals surface area contributed by atoms with E-state index in [1.54, 1.807) is 25.1 Å². The Labute approximate surface area is 171 Å². The van der Waals surface area contributed by atoms with Gasteiger partial charge in [0.1, 0.15) is 17.6 Å². The molecule has 1 N–H and O–H groups in total. The normalized spacial score (nSPS) is 12.7. The zero-order chi connectivity index (χ0) is 21.4. The van der Waals surface area contributed by atoms with Crippen LogP contribution in [0.25, 0.3) is 0 Å². The highest BCUT2D eigenvalue weighted by molar-refractivity contribution is 5.88. The van der Waals surface area contributed by atoms with Gasteiger partial charge in [-0.05, 0) is 56.5 Å². The van der Waals surface area contributed by atoms with Crippen LogP contribution in [0.15, 0.2) is 48.5 Å². The number of aryl methyl sites for hydroxylation is 1. The quantitative estimate of drug-likeness (QED) is 0.696. The first-order valence-corrected chi connectivity index (χ1v) is 9.84. The molecule has 0 aliphatic rings. The van der Waals surface area contributed by atoms with Gasteiger partial charge in [0.05, 0.1) is 0 Å². The Morgan fingerprint density at radius 2 is 1.76 bits per heavy atom. The van der Waals surface area contributed by atoms with Gasteiger partial charge in [-0.1, -0.05) is 37.3 Å². The number of carbonyl (C=O) groups is 2. The van der Waals surface area contributed by atoms with Crippen LogP contribution >= 0.6 is 0 Å². The summed E-state index contributed by atoms with van der Waals surface area (Å²) in [6.45, 7) is 7.48. The topological polar surface area (TPSA) is 58.6 Å². The molecule has 2 rings (SSSR count). The number of para-hydroxylation sites is 1. The molecule has 0 radical (unpaired) electrons. The van der Waals surface area contributed by atoms with Gasteiger partial charge in [0.25, 0.3) is 5.91 Å². The fourth-order valence-corrected chi connectivity index (χ4v) is 2.78. The lowest BCUT2D eigenvalue weighted by molar-refractivity contribution is -0.142. The number of nitrogens with one attached hydrogen (secondary N) is 1. The third kappa shape index (κ3) is 6.59. The molecule has 2 amide bonds. The molecule has 156 valence electrons. The minimum absolute atomic E-state index is 0.0101. The molecule has 0 fully saturated rings. The molecule has 29 heavy (non-hydrogen) atoms. The molecule has 2 aromatic rings. The lowest BCUT2D eigenvalue weighted by Crippen LogP contribution is -2.50. The molecule has 0 bridgehead atoms. The summed E-state index contributed by atoms with van der Waals surface area (Å²) in [5.41, 5.74) is 1.66. The van der Waals surface area contributed by atoms with Crippen molar-refractivity contribution in [3.8, 4) is 5.75 Å². The van der Waals surface area contributed by atoms with E-state index < -0.39 is 6.04 Å². The van der Waals surface area contributed by atoms with Crippen LogP contribution in [0.3, 0.4) is 0 Å². The number of rotatable bonds is 9. The van der Waals surface area contributed by atoms with Crippen molar-refractivity contribution in [2.45, 2.75) is 52.7 Å². The maximum absolute atomic E-state index is 13.2. The Morgan fingerprint density at radius 3 is 2.38 bits per heavy atom. The molecule has 0 aromatic heterocycles. The number of hydrogen-bond acceptors (Lipinski definition) is 3. The van der Waals surface area contributed by atoms with Crippen molar-refractivity contribution in [2.24, 2.45) is 0 Å². The zero-order valence-corrected chi connectivity index (χ0v) is 17.4. The Bertz CT molecular complexity index is 823. The van der Waals surface area contributed by atoms with E-state index in [0.29, 0.717) is 5.75 Å². The van der Waals surface area contributed by atoms with E-state index in [1.165, 1.54) is 17.0 Å². The first-order valence-electron chi connectivity index (χ1n) is 9.84. The summed E-state index contributed by atoms with van der Waals surface area (Å²) in [7, 11) is 0. The van der Waals surface area contributed by atoms with Gasteiger partial charge in [-0.25, -0.2) is 4.39 Å². The fourth-order valence-electron chi connectivity index (χ4n) is 2.78. The van der Waals surface area contributed by atoms with Crippen molar-refractivity contribution in [3.05, 3.63) is 65.5 Å². The highest BCUT2D eigenvalue weighted by Crippen LogP contribution is 2.17. The van der Waals surface area contributed by atoms with E-state index in [-0.39, 0.29) is 36.8 Å². The van der Waals surface area contributed by atoms with Crippen LogP contribution in [-0.4, -0.2) is 35.4 Å².